The third-order valence-corrected chi connectivity index (χ3v) is 3.99. The summed E-state index contributed by atoms with van der Waals surface area (Å²) in [6.45, 7) is 0. The molecule has 3 nitrogen and oxygen atoms in total. The predicted molar refractivity (Wildman–Crippen MR) is 59.9 cm³/mol. The van der Waals surface area contributed by atoms with Gasteiger partial charge in [-0.05, 0) is 25.7 Å². The second-order valence-electron chi connectivity index (χ2n) is 5.13. The Morgan fingerprint density at radius 1 is 1.06 bits per heavy atom. The molecule has 0 saturated heterocycles. The molecular weight excluding hydrogens is 204 g/mol. The molecule has 0 bridgehead atoms. The molecule has 0 spiro atoms. The van der Waals surface area contributed by atoms with E-state index in [1.165, 1.54) is 0 Å². The summed E-state index contributed by atoms with van der Waals surface area (Å²) < 4.78 is 0. The van der Waals surface area contributed by atoms with Crippen LogP contribution in [0.4, 0.5) is 0 Å². The fourth-order valence-electron chi connectivity index (χ4n) is 2.99. The second-order valence-corrected chi connectivity index (χ2v) is 5.13. The fourth-order valence-corrected chi connectivity index (χ4v) is 2.99. The number of Topliss-reactive ketones (excluding diaryl/α,β-unsaturated/α-hetero) is 2. The molecule has 0 aromatic heterocycles. The van der Waals surface area contributed by atoms with Crippen molar-refractivity contribution < 1.29 is 14.7 Å². The number of aliphatic hydroxyl groups is 1. The van der Waals surface area contributed by atoms with E-state index in [0.29, 0.717) is 12.8 Å². The Bertz CT molecular complexity index is 285. The molecule has 0 heterocycles. The third kappa shape index (κ3) is 2.34. The van der Waals surface area contributed by atoms with Crippen molar-refractivity contribution in [3.8, 4) is 0 Å². The minimum atomic E-state index is -0.504. The zero-order chi connectivity index (χ0) is 11.5. The first kappa shape index (κ1) is 11.8. The number of rotatable bonds is 2. The number of carbonyl (C=O) groups excluding carboxylic acids is 2. The predicted octanol–water partition coefficient (Wildman–Crippen LogP) is 1.87. The van der Waals surface area contributed by atoms with E-state index in [-0.39, 0.29) is 17.5 Å². The minimum absolute atomic E-state index is 0.0249. The summed E-state index contributed by atoms with van der Waals surface area (Å²) >= 11 is 0. The first-order valence-electron chi connectivity index (χ1n) is 6.44. The maximum atomic E-state index is 12.2. The number of hydrogen-bond acceptors (Lipinski definition) is 3. The lowest BCUT2D eigenvalue weighted by molar-refractivity contribution is -0.140. The van der Waals surface area contributed by atoms with Crippen LogP contribution in [0, 0.1) is 11.8 Å². The van der Waals surface area contributed by atoms with Crippen LogP contribution >= 0.6 is 0 Å². The van der Waals surface area contributed by atoms with Gasteiger partial charge in [0.05, 0.1) is 12.0 Å². The van der Waals surface area contributed by atoms with Gasteiger partial charge in [-0.15, -0.1) is 0 Å². The molecule has 0 aromatic carbocycles. The van der Waals surface area contributed by atoms with E-state index in [2.05, 4.69) is 0 Å². The van der Waals surface area contributed by atoms with E-state index in [1.54, 1.807) is 0 Å². The number of ketones is 2. The molecule has 0 aromatic rings. The number of hydrogen-bond donors (Lipinski definition) is 1. The van der Waals surface area contributed by atoms with Gasteiger partial charge >= 0.3 is 0 Å². The lowest BCUT2D eigenvalue weighted by Crippen LogP contribution is -2.39. The maximum Gasteiger partial charge on any atom is 0.148 e. The van der Waals surface area contributed by atoms with E-state index in [1.807, 2.05) is 0 Å². The average Bonchev–Trinajstić information content (AvgIpc) is 2.29. The third-order valence-electron chi connectivity index (χ3n) is 3.99. The molecule has 0 amide bonds. The quantitative estimate of drug-likeness (QED) is 0.728. The van der Waals surface area contributed by atoms with E-state index in [4.69, 9.17) is 0 Å². The van der Waals surface area contributed by atoms with Crippen molar-refractivity contribution in [2.75, 3.05) is 0 Å². The average molecular weight is 224 g/mol. The minimum Gasteiger partial charge on any atom is -0.392 e. The second kappa shape index (κ2) is 5.09. The van der Waals surface area contributed by atoms with Gasteiger partial charge in [0.15, 0.2) is 0 Å². The Morgan fingerprint density at radius 3 is 2.44 bits per heavy atom. The van der Waals surface area contributed by atoms with Gasteiger partial charge in [0.1, 0.15) is 11.6 Å². The molecule has 1 N–H and O–H groups in total. The van der Waals surface area contributed by atoms with Crippen molar-refractivity contribution in [1.82, 2.24) is 0 Å². The maximum absolute atomic E-state index is 12.2. The van der Waals surface area contributed by atoms with Crippen molar-refractivity contribution in [3.63, 3.8) is 0 Å². The summed E-state index contributed by atoms with van der Waals surface area (Å²) in [6.07, 6.45) is 6.16. The number of aliphatic hydroxyl groups excluding tert-OH is 1. The van der Waals surface area contributed by atoms with Gasteiger partial charge in [-0.2, -0.15) is 0 Å². The summed E-state index contributed by atoms with van der Waals surface area (Å²) in [5.41, 5.74) is 0. The number of carbonyl (C=O) groups is 2. The van der Waals surface area contributed by atoms with Gasteiger partial charge < -0.3 is 5.11 Å². The van der Waals surface area contributed by atoms with Crippen LogP contribution in [0.3, 0.4) is 0 Å². The Kier molecular flexibility index (Phi) is 3.74. The molecule has 16 heavy (non-hydrogen) atoms. The van der Waals surface area contributed by atoms with Gasteiger partial charge in [-0.25, -0.2) is 0 Å². The summed E-state index contributed by atoms with van der Waals surface area (Å²) in [5.74, 6) is -0.529. The van der Waals surface area contributed by atoms with Gasteiger partial charge in [-0.1, -0.05) is 19.3 Å². The zero-order valence-corrected chi connectivity index (χ0v) is 9.65. The van der Waals surface area contributed by atoms with Gasteiger partial charge in [0.25, 0.3) is 0 Å². The van der Waals surface area contributed by atoms with Crippen molar-refractivity contribution in [3.05, 3.63) is 0 Å². The molecule has 2 saturated carbocycles. The smallest absolute Gasteiger partial charge is 0.148 e. The lowest BCUT2D eigenvalue weighted by atomic mass is 9.75. The molecular formula is C13H20O3. The monoisotopic (exact) mass is 224 g/mol. The van der Waals surface area contributed by atoms with Crippen molar-refractivity contribution in [2.24, 2.45) is 11.8 Å². The summed E-state index contributed by atoms with van der Waals surface area (Å²) in [5, 5.41) is 9.82. The Morgan fingerprint density at radius 2 is 1.75 bits per heavy atom. The molecule has 3 unspecified atom stereocenters. The molecule has 0 aliphatic heterocycles. The summed E-state index contributed by atoms with van der Waals surface area (Å²) in [7, 11) is 0. The van der Waals surface area contributed by atoms with Crippen LogP contribution in [0.15, 0.2) is 0 Å². The van der Waals surface area contributed by atoms with Gasteiger partial charge in [0.2, 0.25) is 0 Å². The largest absolute Gasteiger partial charge is 0.392 e. The molecule has 2 aliphatic carbocycles. The van der Waals surface area contributed by atoms with Crippen molar-refractivity contribution in [1.29, 1.82) is 0 Å². The fraction of sp³-hybridized carbons (Fsp3) is 0.846. The van der Waals surface area contributed by atoms with E-state index >= 15 is 0 Å². The molecule has 2 aliphatic rings. The molecule has 0 radical (unpaired) electrons. The summed E-state index contributed by atoms with van der Waals surface area (Å²) in [6, 6.07) is 0. The molecule has 3 atom stereocenters. The van der Waals surface area contributed by atoms with Crippen LogP contribution in [-0.2, 0) is 9.59 Å². The van der Waals surface area contributed by atoms with Crippen LogP contribution < -0.4 is 0 Å². The summed E-state index contributed by atoms with van der Waals surface area (Å²) in [4.78, 5) is 23.9. The highest BCUT2D eigenvalue weighted by Gasteiger charge is 2.37. The standard InChI is InChI=1S/C13H20O3/c14-11-7-3-1-5-9(11)13(16)10-6-2-4-8-12(10)15/h9-11,14H,1-8H2. The van der Waals surface area contributed by atoms with E-state index in [9.17, 15) is 14.7 Å². The Hall–Kier alpha value is -0.700. The van der Waals surface area contributed by atoms with Crippen LogP contribution in [0.1, 0.15) is 51.4 Å². The highest BCUT2D eigenvalue weighted by atomic mass is 16.3. The van der Waals surface area contributed by atoms with Crippen LogP contribution in [0.2, 0.25) is 0 Å². The van der Waals surface area contributed by atoms with Gasteiger partial charge in [0, 0.05) is 12.3 Å². The first-order valence-corrected chi connectivity index (χ1v) is 6.44. The lowest BCUT2D eigenvalue weighted by Gasteiger charge is -2.30. The van der Waals surface area contributed by atoms with Crippen molar-refractivity contribution >= 4 is 11.6 Å². The normalized spacial score (nSPS) is 36.1. The van der Waals surface area contributed by atoms with Crippen molar-refractivity contribution in [2.45, 2.75) is 57.5 Å². The molecule has 3 heteroatoms. The molecule has 90 valence electrons. The van der Waals surface area contributed by atoms with Crippen LogP contribution in [-0.4, -0.2) is 22.8 Å². The van der Waals surface area contributed by atoms with E-state index < -0.39 is 12.0 Å². The van der Waals surface area contributed by atoms with Crippen LogP contribution in [0.5, 0.6) is 0 Å². The SMILES string of the molecule is O=C1CCCCC1C(=O)C1CCCCC1O. The molecule has 2 rings (SSSR count). The van der Waals surface area contributed by atoms with E-state index in [0.717, 1.165) is 38.5 Å². The highest BCUT2D eigenvalue weighted by Crippen LogP contribution is 2.31. The topological polar surface area (TPSA) is 54.4 Å². The zero-order valence-electron chi connectivity index (χ0n) is 9.65. The first-order chi connectivity index (χ1) is 7.70. The molecule has 2 fully saturated rings. The Labute approximate surface area is 96.2 Å². The highest BCUT2D eigenvalue weighted by molar-refractivity contribution is 6.03. The van der Waals surface area contributed by atoms with Gasteiger partial charge in [-0.3, -0.25) is 9.59 Å². The van der Waals surface area contributed by atoms with Crippen LogP contribution in [0.25, 0.3) is 0 Å². The Balaban J connectivity index is 2.02.